The molecule has 0 spiro atoms. The lowest BCUT2D eigenvalue weighted by Gasteiger charge is -2.13. The molecule has 6 nitrogen and oxygen atoms in total. The Morgan fingerprint density at radius 3 is 2.64 bits per heavy atom. The van der Waals surface area contributed by atoms with Crippen molar-refractivity contribution in [3.05, 3.63) is 71.4 Å². The van der Waals surface area contributed by atoms with E-state index in [1.807, 2.05) is 24.6 Å². The molecular weight excluding hydrogens is 371 g/mol. The van der Waals surface area contributed by atoms with Crippen molar-refractivity contribution in [2.45, 2.75) is 25.4 Å². The number of aromatic nitrogens is 4. The van der Waals surface area contributed by atoms with Gasteiger partial charge in [0.1, 0.15) is 23.7 Å². The maximum atomic E-state index is 12.8. The number of hydrogen-bond acceptors (Lipinski definition) is 4. The predicted octanol–water partition coefficient (Wildman–Crippen LogP) is 3.83. The number of hydrogen-bond donors (Lipinski definition) is 1. The highest BCUT2D eigenvalue weighted by molar-refractivity contribution is 6.03. The molecule has 0 bridgehead atoms. The number of amides is 1. The van der Waals surface area contributed by atoms with Gasteiger partial charge in [-0.2, -0.15) is 13.2 Å². The van der Waals surface area contributed by atoms with Crippen molar-refractivity contribution in [1.82, 2.24) is 19.7 Å². The molecule has 1 aromatic carbocycles. The van der Waals surface area contributed by atoms with Gasteiger partial charge in [-0.3, -0.25) is 4.79 Å². The normalized spacial score (nSPS) is 12.6. The smallest absolute Gasteiger partial charge is 0.321 e. The van der Waals surface area contributed by atoms with Crippen LogP contribution in [0.3, 0.4) is 0 Å². The Hall–Kier alpha value is -3.23. The van der Waals surface area contributed by atoms with E-state index in [0.29, 0.717) is 12.0 Å². The Kier molecular flexibility index (Phi) is 5.43. The monoisotopic (exact) mass is 389 g/mol. The molecule has 1 amide bonds. The van der Waals surface area contributed by atoms with Gasteiger partial charge in [0.2, 0.25) is 0 Å². The number of nitrogens with zero attached hydrogens (tertiary/aromatic N) is 4. The van der Waals surface area contributed by atoms with Crippen LogP contribution in [0, 0.1) is 0 Å². The van der Waals surface area contributed by atoms with E-state index in [0.717, 1.165) is 17.5 Å². The van der Waals surface area contributed by atoms with E-state index < -0.39 is 17.8 Å². The molecule has 3 aromatic rings. The van der Waals surface area contributed by atoms with Crippen molar-refractivity contribution < 1.29 is 18.0 Å². The van der Waals surface area contributed by atoms with Gasteiger partial charge in [0, 0.05) is 19.0 Å². The lowest BCUT2D eigenvalue weighted by atomic mass is 9.95. The van der Waals surface area contributed by atoms with Gasteiger partial charge in [-0.05, 0) is 35.7 Å². The van der Waals surface area contributed by atoms with E-state index in [2.05, 4.69) is 20.5 Å². The van der Waals surface area contributed by atoms with Crippen LogP contribution in [-0.2, 0) is 19.6 Å². The Labute approximate surface area is 159 Å². The first-order chi connectivity index (χ1) is 13.2. The van der Waals surface area contributed by atoms with E-state index in [4.69, 9.17) is 0 Å². The average Bonchev–Trinajstić information content (AvgIpc) is 3.06. The van der Waals surface area contributed by atoms with Gasteiger partial charge in [-0.15, -0.1) is 10.2 Å². The third kappa shape index (κ3) is 4.54. The molecular formula is C19H18F3N5O. The van der Waals surface area contributed by atoms with Crippen molar-refractivity contribution in [2.24, 2.45) is 7.05 Å². The second-order valence-corrected chi connectivity index (χ2v) is 6.45. The van der Waals surface area contributed by atoms with Crippen LogP contribution < -0.4 is 5.32 Å². The summed E-state index contributed by atoms with van der Waals surface area (Å²) >= 11 is 0. The molecule has 0 saturated heterocycles. The van der Waals surface area contributed by atoms with Gasteiger partial charge in [-0.1, -0.05) is 25.1 Å². The number of pyridine rings is 1. The molecule has 3 rings (SSSR count). The summed E-state index contributed by atoms with van der Waals surface area (Å²) in [5.74, 6) is 0.203. The summed E-state index contributed by atoms with van der Waals surface area (Å²) in [6.45, 7) is 2.00. The van der Waals surface area contributed by atoms with E-state index in [1.54, 1.807) is 24.5 Å². The van der Waals surface area contributed by atoms with Gasteiger partial charge in [-0.25, -0.2) is 4.98 Å². The predicted molar refractivity (Wildman–Crippen MR) is 96.8 cm³/mol. The molecule has 1 atom stereocenters. The average molecular weight is 389 g/mol. The highest BCUT2D eigenvalue weighted by atomic mass is 19.4. The Morgan fingerprint density at radius 1 is 1.21 bits per heavy atom. The van der Waals surface area contributed by atoms with Crippen molar-refractivity contribution in [3.63, 3.8) is 0 Å². The quantitative estimate of drug-likeness (QED) is 0.720. The zero-order valence-corrected chi connectivity index (χ0v) is 15.2. The number of aryl methyl sites for hydroxylation is 1. The Bertz CT molecular complexity index is 983. The molecule has 28 heavy (non-hydrogen) atoms. The first kappa shape index (κ1) is 19.5. The molecule has 9 heteroatoms. The lowest BCUT2D eigenvalue weighted by molar-refractivity contribution is -0.141. The summed E-state index contributed by atoms with van der Waals surface area (Å²) in [6, 6.07) is 10.3. The largest absolute Gasteiger partial charge is 0.433 e. The molecule has 146 valence electrons. The van der Waals surface area contributed by atoms with Crippen LogP contribution in [0.5, 0.6) is 0 Å². The second kappa shape index (κ2) is 7.79. The molecule has 0 saturated carbocycles. The minimum absolute atomic E-state index is 0.0716. The number of anilines is 1. The van der Waals surface area contributed by atoms with E-state index in [1.165, 1.54) is 12.1 Å². The molecule has 2 heterocycles. The third-order valence-electron chi connectivity index (χ3n) is 4.29. The summed E-state index contributed by atoms with van der Waals surface area (Å²) in [5.41, 5.74) is 0.186. The number of alkyl halides is 3. The number of benzene rings is 1. The molecule has 0 radical (unpaired) electrons. The standard InChI is InChI=1S/C19H18F3N5O/c1-12(9-17-26-23-11-27(17)2)13-5-3-6-14(10-13)18(28)25-16-8-4-7-15(24-16)19(20,21)22/h3-8,10-12H,9H2,1-2H3,(H,24,25,28). The topological polar surface area (TPSA) is 72.7 Å². The van der Waals surface area contributed by atoms with Crippen LogP contribution in [0.25, 0.3) is 0 Å². The summed E-state index contributed by atoms with van der Waals surface area (Å²) in [4.78, 5) is 15.9. The first-order valence-corrected chi connectivity index (χ1v) is 8.52. The van der Waals surface area contributed by atoms with Gasteiger partial charge in [0.25, 0.3) is 5.91 Å². The minimum Gasteiger partial charge on any atom is -0.321 e. The van der Waals surface area contributed by atoms with Crippen LogP contribution >= 0.6 is 0 Å². The fourth-order valence-corrected chi connectivity index (χ4v) is 2.72. The summed E-state index contributed by atoms with van der Waals surface area (Å²) < 4.78 is 40.1. The number of halogens is 3. The van der Waals surface area contributed by atoms with E-state index >= 15 is 0 Å². The second-order valence-electron chi connectivity index (χ2n) is 6.45. The molecule has 1 N–H and O–H groups in total. The summed E-state index contributed by atoms with van der Waals surface area (Å²) in [7, 11) is 1.86. The zero-order valence-electron chi connectivity index (χ0n) is 15.2. The minimum atomic E-state index is -4.57. The fourth-order valence-electron chi connectivity index (χ4n) is 2.72. The number of carbonyl (C=O) groups is 1. The summed E-state index contributed by atoms with van der Waals surface area (Å²) in [6.07, 6.45) is -2.32. The lowest BCUT2D eigenvalue weighted by Crippen LogP contribution is -2.16. The van der Waals surface area contributed by atoms with E-state index in [9.17, 15) is 18.0 Å². The van der Waals surface area contributed by atoms with Crippen LogP contribution in [0.2, 0.25) is 0 Å². The molecule has 1 unspecified atom stereocenters. The molecule has 2 aromatic heterocycles. The molecule has 0 aliphatic rings. The van der Waals surface area contributed by atoms with Crippen molar-refractivity contribution >= 4 is 11.7 Å². The fraction of sp³-hybridized carbons (Fsp3) is 0.263. The van der Waals surface area contributed by atoms with Crippen LogP contribution in [0.4, 0.5) is 19.0 Å². The maximum absolute atomic E-state index is 12.8. The van der Waals surface area contributed by atoms with Gasteiger partial charge in [0.15, 0.2) is 0 Å². The van der Waals surface area contributed by atoms with Crippen LogP contribution in [0.15, 0.2) is 48.8 Å². The number of rotatable bonds is 5. The van der Waals surface area contributed by atoms with Gasteiger partial charge in [0.05, 0.1) is 0 Å². The third-order valence-corrected chi connectivity index (χ3v) is 4.29. The SMILES string of the molecule is CC(Cc1nncn1C)c1cccc(C(=O)Nc2cccc(C(F)(F)F)n2)c1. The highest BCUT2D eigenvalue weighted by Crippen LogP contribution is 2.28. The van der Waals surface area contributed by atoms with Crippen LogP contribution in [0.1, 0.15) is 40.3 Å². The van der Waals surface area contributed by atoms with Crippen LogP contribution in [-0.4, -0.2) is 25.7 Å². The summed E-state index contributed by atoms with van der Waals surface area (Å²) in [5, 5.41) is 10.3. The zero-order chi connectivity index (χ0) is 20.3. The van der Waals surface area contributed by atoms with Gasteiger partial charge >= 0.3 is 6.18 Å². The number of carbonyl (C=O) groups excluding carboxylic acids is 1. The first-order valence-electron chi connectivity index (χ1n) is 8.52. The Morgan fingerprint density at radius 2 is 1.96 bits per heavy atom. The Balaban J connectivity index is 1.74. The number of nitrogens with one attached hydrogen (secondary N) is 1. The maximum Gasteiger partial charge on any atom is 0.433 e. The van der Waals surface area contributed by atoms with E-state index in [-0.39, 0.29) is 11.7 Å². The van der Waals surface area contributed by atoms with Crippen molar-refractivity contribution in [1.29, 1.82) is 0 Å². The molecule has 0 aliphatic carbocycles. The highest BCUT2D eigenvalue weighted by Gasteiger charge is 2.32. The molecule has 0 aliphatic heterocycles. The molecule has 0 fully saturated rings. The van der Waals surface area contributed by atoms with Crippen molar-refractivity contribution in [2.75, 3.05) is 5.32 Å². The van der Waals surface area contributed by atoms with Gasteiger partial charge < -0.3 is 9.88 Å². The van der Waals surface area contributed by atoms with Crippen molar-refractivity contribution in [3.8, 4) is 0 Å².